The van der Waals surface area contributed by atoms with E-state index >= 15 is 0 Å². The Bertz CT molecular complexity index is 922. The Morgan fingerprint density at radius 1 is 1.25 bits per heavy atom. The maximum absolute atomic E-state index is 5.87. The molecule has 1 saturated carbocycles. The van der Waals surface area contributed by atoms with Crippen molar-refractivity contribution in [1.82, 2.24) is 24.6 Å². The molecule has 0 saturated heterocycles. The molecule has 0 N–H and O–H groups in total. The molecular formula is C14H9B3ClN5O. The summed E-state index contributed by atoms with van der Waals surface area (Å²) in [6.07, 6.45) is 5.27. The van der Waals surface area contributed by atoms with Crippen molar-refractivity contribution in [2.24, 2.45) is 0 Å². The zero-order valence-electron chi connectivity index (χ0n) is 12.6. The third-order valence-electron chi connectivity index (χ3n) is 3.62. The van der Waals surface area contributed by atoms with E-state index in [1.807, 2.05) is 0 Å². The molecule has 0 aromatic carbocycles. The van der Waals surface area contributed by atoms with E-state index in [2.05, 4.69) is 20.1 Å². The molecule has 24 heavy (non-hydrogen) atoms. The number of imidazole rings is 1. The summed E-state index contributed by atoms with van der Waals surface area (Å²) in [7, 11) is 16.7. The first-order chi connectivity index (χ1) is 11.4. The highest BCUT2D eigenvalue weighted by molar-refractivity contribution is 6.58. The van der Waals surface area contributed by atoms with Crippen molar-refractivity contribution >= 4 is 40.8 Å². The highest BCUT2D eigenvalue weighted by Crippen LogP contribution is 2.43. The quantitative estimate of drug-likeness (QED) is 0.531. The lowest BCUT2D eigenvalue weighted by Gasteiger charge is -2.24. The molecule has 6 nitrogen and oxygen atoms in total. The predicted octanol–water partition coefficient (Wildman–Crippen LogP) is 1.21. The summed E-state index contributed by atoms with van der Waals surface area (Å²) in [4.78, 5) is 12.4. The first-order valence-corrected chi connectivity index (χ1v) is 7.72. The minimum Gasteiger partial charge on any atom is -0.514 e. The number of fused-ring (bicyclic) bond motifs is 1. The van der Waals surface area contributed by atoms with Crippen LogP contribution in [-0.4, -0.2) is 53.4 Å². The predicted molar refractivity (Wildman–Crippen MR) is 91.6 cm³/mol. The van der Waals surface area contributed by atoms with Gasteiger partial charge in [0.2, 0.25) is 5.28 Å². The molecule has 0 unspecified atom stereocenters. The van der Waals surface area contributed by atoms with Gasteiger partial charge in [-0.1, -0.05) is 0 Å². The third kappa shape index (κ3) is 3.00. The van der Waals surface area contributed by atoms with Gasteiger partial charge in [0, 0.05) is 18.2 Å². The van der Waals surface area contributed by atoms with Gasteiger partial charge in [-0.15, -0.1) is 0 Å². The lowest BCUT2D eigenvalue weighted by Crippen LogP contribution is -2.38. The second-order valence-corrected chi connectivity index (χ2v) is 6.09. The van der Waals surface area contributed by atoms with Gasteiger partial charge in [0.25, 0.3) is 0 Å². The largest absolute Gasteiger partial charge is 0.514 e. The maximum Gasteiger partial charge on any atom is 0.222 e. The Hall–Kier alpha value is -2.02. The van der Waals surface area contributed by atoms with Gasteiger partial charge in [0.05, 0.1) is 11.9 Å². The molecular weight excluding hydrogens is 322 g/mol. The Morgan fingerprint density at radius 3 is 2.71 bits per heavy atom. The van der Waals surface area contributed by atoms with E-state index in [0.29, 0.717) is 22.8 Å². The first kappa shape index (κ1) is 15.5. The fraction of sp³-hybridized carbons (Fsp3) is 0.286. The topological polar surface area (TPSA) is 65.2 Å². The molecule has 0 amide bonds. The van der Waals surface area contributed by atoms with Gasteiger partial charge in [-0.3, -0.25) is 0 Å². The number of aromatic nitrogens is 5. The monoisotopic (exact) mass is 331 g/mol. The molecule has 0 atom stereocenters. The van der Waals surface area contributed by atoms with Crippen LogP contribution in [0.25, 0.3) is 17.0 Å². The van der Waals surface area contributed by atoms with E-state index in [1.165, 1.54) is 0 Å². The summed E-state index contributed by atoms with van der Waals surface area (Å²) in [6.45, 7) is 0. The van der Waals surface area contributed by atoms with E-state index in [0.717, 1.165) is 18.5 Å². The fourth-order valence-corrected chi connectivity index (χ4v) is 2.62. The van der Waals surface area contributed by atoms with E-state index in [9.17, 15) is 0 Å². The Morgan fingerprint density at radius 2 is 2.04 bits per heavy atom. The lowest BCUT2D eigenvalue weighted by atomic mass is 9.52. The average Bonchev–Trinajstić information content (AvgIpc) is 3.25. The molecule has 1 aliphatic rings. The van der Waals surface area contributed by atoms with Crippen molar-refractivity contribution in [2.75, 3.05) is 0 Å². The maximum atomic E-state index is 5.87. The molecule has 0 bridgehead atoms. The Kier molecular flexibility index (Phi) is 3.56. The SMILES string of the molecule is [B]C([B])([B])Oc1cc2ncc(-c3ccnc(Cl)n3)n2nc1C1CC1. The van der Waals surface area contributed by atoms with Gasteiger partial charge in [0.15, 0.2) is 5.65 Å². The van der Waals surface area contributed by atoms with Crippen LogP contribution in [0.1, 0.15) is 24.5 Å². The molecule has 3 heterocycles. The van der Waals surface area contributed by atoms with Crippen molar-refractivity contribution in [3.05, 3.63) is 35.5 Å². The van der Waals surface area contributed by atoms with Crippen molar-refractivity contribution in [2.45, 2.75) is 24.1 Å². The van der Waals surface area contributed by atoms with Crippen LogP contribution in [0.3, 0.4) is 0 Å². The van der Waals surface area contributed by atoms with Crippen molar-refractivity contribution in [3.63, 3.8) is 0 Å². The Balaban J connectivity index is 1.86. The molecule has 6 radical (unpaired) electrons. The molecule has 1 aliphatic carbocycles. The van der Waals surface area contributed by atoms with E-state index in [4.69, 9.17) is 39.9 Å². The van der Waals surface area contributed by atoms with E-state index in [-0.39, 0.29) is 11.2 Å². The molecule has 0 aliphatic heterocycles. The molecule has 10 heteroatoms. The van der Waals surface area contributed by atoms with Gasteiger partial charge in [-0.2, -0.15) is 5.10 Å². The fourth-order valence-electron chi connectivity index (χ4n) is 2.48. The number of hydrogen-bond donors (Lipinski definition) is 0. The van der Waals surface area contributed by atoms with Crippen LogP contribution in [0.2, 0.25) is 5.28 Å². The number of halogens is 1. The van der Waals surface area contributed by atoms with Gasteiger partial charge in [0.1, 0.15) is 40.7 Å². The summed E-state index contributed by atoms with van der Waals surface area (Å²) < 4.78 is 7.13. The van der Waals surface area contributed by atoms with Crippen LogP contribution in [0, 0.1) is 0 Å². The zero-order valence-corrected chi connectivity index (χ0v) is 13.3. The molecule has 112 valence electrons. The van der Waals surface area contributed by atoms with Crippen LogP contribution in [0.5, 0.6) is 5.75 Å². The van der Waals surface area contributed by atoms with Crippen molar-refractivity contribution < 1.29 is 4.74 Å². The minimum absolute atomic E-state index is 0.156. The molecule has 0 spiro atoms. The minimum atomic E-state index is -1.78. The first-order valence-electron chi connectivity index (χ1n) is 7.34. The third-order valence-corrected chi connectivity index (χ3v) is 3.81. The number of nitrogens with zero attached hydrogens (tertiary/aromatic N) is 5. The summed E-state index contributed by atoms with van der Waals surface area (Å²) in [5.74, 6) is 0.728. The summed E-state index contributed by atoms with van der Waals surface area (Å²) in [6, 6.07) is 3.46. The normalized spacial score (nSPS) is 14.9. The summed E-state index contributed by atoms with van der Waals surface area (Å²) in [5.41, 5.74) is 2.62. The summed E-state index contributed by atoms with van der Waals surface area (Å²) in [5, 5.41) is 3.02. The smallest absolute Gasteiger partial charge is 0.222 e. The van der Waals surface area contributed by atoms with E-state index in [1.54, 1.807) is 29.0 Å². The highest BCUT2D eigenvalue weighted by Gasteiger charge is 2.31. The number of rotatable bonds is 4. The van der Waals surface area contributed by atoms with Crippen LogP contribution in [0.15, 0.2) is 24.5 Å². The van der Waals surface area contributed by atoms with Gasteiger partial charge >= 0.3 is 0 Å². The zero-order chi connectivity index (χ0) is 16.9. The number of ether oxygens (including phenoxy) is 1. The number of hydrogen-bond acceptors (Lipinski definition) is 5. The molecule has 3 aromatic heterocycles. The van der Waals surface area contributed by atoms with Crippen molar-refractivity contribution in [3.8, 4) is 17.1 Å². The second-order valence-electron chi connectivity index (χ2n) is 5.75. The summed E-state index contributed by atoms with van der Waals surface area (Å²) >= 11 is 5.87. The second kappa shape index (κ2) is 5.51. The standard InChI is InChI=1S/C14H9B3ClN5O/c15-14(16,17)24-10-5-11-20-6-9(8-3-4-19-13(18)21-8)23(11)22-12(10)7-1-2-7/h3-7H,1-2H2. The van der Waals surface area contributed by atoms with Gasteiger partial charge in [-0.25, -0.2) is 19.5 Å². The van der Waals surface area contributed by atoms with Crippen LogP contribution >= 0.6 is 11.6 Å². The molecule has 1 fully saturated rings. The molecule has 4 rings (SSSR count). The molecule has 3 aromatic rings. The Labute approximate surface area is 147 Å². The highest BCUT2D eigenvalue weighted by atomic mass is 35.5. The van der Waals surface area contributed by atoms with Gasteiger partial charge in [-0.05, 0) is 35.8 Å². The van der Waals surface area contributed by atoms with Crippen molar-refractivity contribution in [1.29, 1.82) is 0 Å². The van der Waals surface area contributed by atoms with Gasteiger partial charge < -0.3 is 4.74 Å². The average molecular weight is 331 g/mol. The van der Waals surface area contributed by atoms with Crippen LogP contribution < -0.4 is 4.74 Å². The van der Waals surface area contributed by atoms with Crippen LogP contribution in [0.4, 0.5) is 0 Å². The van der Waals surface area contributed by atoms with Crippen LogP contribution in [-0.2, 0) is 0 Å². The lowest BCUT2D eigenvalue weighted by molar-refractivity contribution is 0.312. The van der Waals surface area contributed by atoms with E-state index < -0.39 is 5.30 Å².